The molecule has 80 valence electrons. The lowest BCUT2D eigenvalue weighted by Gasteiger charge is -2.03. The molecule has 5 heteroatoms. The Morgan fingerprint density at radius 3 is 2.93 bits per heavy atom. The van der Waals surface area contributed by atoms with Crippen LogP contribution in [0.1, 0.15) is 12.7 Å². The monoisotopic (exact) mass is 243 g/mol. The largest absolute Gasteiger partial charge is 0.328 e. The first-order chi connectivity index (χ1) is 7.08. The van der Waals surface area contributed by atoms with Crippen LogP contribution in [0, 0.1) is 0 Å². The molecule has 0 saturated carbocycles. The van der Waals surface area contributed by atoms with Crippen LogP contribution in [0.4, 0.5) is 0 Å². The number of nitrogens with zero attached hydrogens (tertiary/aromatic N) is 2. The first-order valence-electron chi connectivity index (χ1n) is 4.65. The average Bonchev–Trinajstić information content (AvgIpc) is 2.42. The highest BCUT2D eigenvalue weighted by Gasteiger charge is 2.10. The minimum atomic E-state index is 0.0577. The first kappa shape index (κ1) is 10.7. The molecule has 0 spiro atoms. The van der Waals surface area contributed by atoms with E-state index in [9.17, 15) is 0 Å². The van der Waals surface area contributed by atoms with Gasteiger partial charge >= 0.3 is 0 Å². The summed E-state index contributed by atoms with van der Waals surface area (Å²) >= 11 is 11.9. The van der Waals surface area contributed by atoms with Gasteiger partial charge in [-0.15, -0.1) is 0 Å². The van der Waals surface area contributed by atoms with E-state index in [1.807, 2.05) is 17.5 Å². The Balaban J connectivity index is 2.57. The van der Waals surface area contributed by atoms with Crippen LogP contribution in [0.3, 0.4) is 0 Å². The molecular formula is C10H11Cl2N3. The molecule has 0 aliphatic carbocycles. The van der Waals surface area contributed by atoms with E-state index in [0.29, 0.717) is 16.6 Å². The molecule has 0 bridgehead atoms. The fourth-order valence-corrected chi connectivity index (χ4v) is 1.92. The number of aromatic nitrogens is 2. The van der Waals surface area contributed by atoms with Gasteiger partial charge in [0, 0.05) is 23.7 Å². The van der Waals surface area contributed by atoms with Crippen LogP contribution in [0.5, 0.6) is 0 Å². The lowest BCUT2D eigenvalue weighted by atomic mass is 10.2. The molecule has 0 amide bonds. The highest BCUT2D eigenvalue weighted by atomic mass is 35.5. The summed E-state index contributed by atoms with van der Waals surface area (Å²) < 4.78 is 1.91. The normalized spacial score (nSPS) is 13.3. The summed E-state index contributed by atoms with van der Waals surface area (Å²) in [6, 6.07) is 3.65. The topological polar surface area (TPSA) is 43.3 Å². The summed E-state index contributed by atoms with van der Waals surface area (Å²) in [6.45, 7) is 1.94. The van der Waals surface area contributed by atoms with Gasteiger partial charge in [0.1, 0.15) is 5.82 Å². The molecule has 0 aliphatic heterocycles. The van der Waals surface area contributed by atoms with E-state index in [1.165, 1.54) is 0 Å². The van der Waals surface area contributed by atoms with E-state index >= 15 is 0 Å². The Morgan fingerprint density at radius 1 is 1.53 bits per heavy atom. The van der Waals surface area contributed by atoms with Gasteiger partial charge in [0.2, 0.25) is 0 Å². The molecule has 0 saturated heterocycles. The zero-order chi connectivity index (χ0) is 11.0. The SMILES string of the molecule is CC(N)Cc1nc(Cl)c2cc(Cl)ccn12. The molecule has 2 heterocycles. The maximum Gasteiger partial charge on any atom is 0.155 e. The summed E-state index contributed by atoms with van der Waals surface area (Å²) in [6.07, 6.45) is 2.55. The standard InChI is InChI=1S/C10H11Cl2N3/c1-6(13)4-9-14-10(12)8-5-7(11)2-3-15(8)9/h2-3,5-6H,4,13H2,1H3. The molecule has 1 atom stereocenters. The van der Waals surface area contributed by atoms with Crippen molar-refractivity contribution >= 4 is 28.7 Å². The predicted octanol–water partition coefficient (Wildman–Crippen LogP) is 2.53. The zero-order valence-corrected chi connectivity index (χ0v) is 9.76. The Hall–Kier alpha value is -0.770. The lowest BCUT2D eigenvalue weighted by molar-refractivity contribution is 0.700. The maximum absolute atomic E-state index is 6.00. The van der Waals surface area contributed by atoms with Crippen molar-refractivity contribution < 1.29 is 0 Å². The third-order valence-electron chi connectivity index (χ3n) is 2.14. The molecular weight excluding hydrogens is 233 g/mol. The van der Waals surface area contributed by atoms with E-state index in [4.69, 9.17) is 28.9 Å². The van der Waals surface area contributed by atoms with Crippen molar-refractivity contribution in [2.75, 3.05) is 0 Å². The Labute approximate surface area is 97.8 Å². The molecule has 1 unspecified atom stereocenters. The maximum atomic E-state index is 6.00. The van der Waals surface area contributed by atoms with Crippen LogP contribution in [-0.2, 0) is 6.42 Å². The third kappa shape index (κ3) is 2.09. The number of hydrogen-bond acceptors (Lipinski definition) is 2. The van der Waals surface area contributed by atoms with Gasteiger partial charge in [0.25, 0.3) is 0 Å². The van der Waals surface area contributed by atoms with Crippen LogP contribution < -0.4 is 5.73 Å². The Morgan fingerprint density at radius 2 is 2.27 bits per heavy atom. The van der Waals surface area contributed by atoms with Gasteiger partial charge < -0.3 is 10.1 Å². The zero-order valence-electron chi connectivity index (χ0n) is 8.24. The van der Waals surface area contributed by atoms with Gasteiger partial charge in [-0.05, 0) is 19.1 Å². The van der Waals surface area contributed by atoms with E-state index in [0.717, 1.165) is 11.3 Å². The highest BCUT2D eigenvalue weighted by Crippen LogP contribution is 2.22. The number of nitrogens with two attached hydrogens (primary N) is 1. The lowest BCUT2D eigenvalue weighted by Crippen LogP contribution is -2.19. The molecule has 0 aliphatic rings. The third-order valence-corrected chi connectivity index (χ3v) is 2.65. The number of hydrogen-bond donors (Lipinski definition) is 1. The molecule has 2 N–H and O–H groups in total. The van der Waals surface area contributed by atoms with Crippen molar-refractivity contribution in [3.63, 3.8) is 0 Å². The Kier molecular flexibility index (Phi) is 2.87. The summed E-state index contributed by atoms with van der Waals surface area (Å²) in [4.78, 5) is 4.26. The fraction of sp³-hybridized carbons (Fsp3) is 0.300. The van der Waals surface area contributed by atoms with Crippen LogP contribution in [0.25, 0.3) is 5.52 Å². The number of rotatable bonds is 2. The van der Waals surface area contributed by atoms with Crippen LogP contribution in [0.15, 0.2) is 18.3 Å². The number of halogens is 2. The van der Waals surface area contributed by atoms with Crippen molar-refractivity contribution in [3.05, 3.63) is 34.3 Å². The summed E-state index contributed by atoms with van der Waals surface area (Å²) in [5.41, 5.74) is 6.55. The number of imidazole rings is 1. The van der Waals surface area contributed by atoms with Gasteiger partial charge in [-0.1, -0.05) is 23.2 Å². The molecule has 2 aromatic heterocycles. The van der Waals surface area contributed by atoms with Crippen molar-refractivity contribution in [2.24, 2.45) is 5.73 Å². The van der Waals surface area contributed by atoms with Crippen LogP contribution >= 0.6 is 23.2 Å². The second-order valence-corrected chi connectivity index (χ2v) is 4.39. The minimum absolute atomic E-state index is 0.0577. The molecule has 0 aromatic carbocycles. The molecule has 0 radical (unpaired) electrons. The predicted molar refractivity (Wildman–Crippen MR) is 62.6 cm³/mol. The average molecular weight is 244 g/mol. The van der Waals surface area contributed by atoms with Crippen LogP contribution in [-0.4, -0.2) is 15.4 Å². The van der Waals surface area contributed by atoms with E-state index in [-0.39, 0.29) is 6.04 Å². The van der Waals surface area contributed by atoms with Gasteiger partial charge in [-0.3, -0.25) is 0 Å². The van der Waals surface area contributed by atoms with Crippen molar-refractivity contribution in [2.45, 2.75) is 19.4 Å². The molecule has 2 aromatic rings. The van der Waals surface area contributed by atoms with Gasteiger partial charge in [-0.2, -0.15) is 0 Å². The second kappa shape index (κ2) is 4.00. The van der Waals surface area contributed by atoms with E-state index in [2.05, 4.69) is 4.98 Å². The van der Waals surface area contributed by atoms with Crippen molar-refractivity contribution in [3.8, 4) is 0 Å². The smallest absolute Gasteiger partial charge is 0.155 e. The summed E-state index contributed by atoms with van der Waals surface area (Å²) in [5, 5.41) is 1.12. The van der Waals surface area contributed by atoms with E-state index in [1.54, 1.807) is 12.1 Å². The van der Waals surface area contributed by atoms with Crippen molar-refractivity contribution in [1.82, 2.24) is 9.38 Å². The van der Waals surface area contributed by atoms with E-state index < -0.39 is 0 Å². The second-order valence-electron chi connectivity index (χ2n) is 3.60. The molecule has 0 fully saturated rings. The van der Waals surface area contributed by atoms with Crippen molar-refractivity contribution in [1.29, 1.82) is 0 Å². The fourth-order valence-electron chi connectivity index (χ4n) is 1.51. The number of pyridine rings is 1. The van der Waals surface area contributed by atoms with Gasteiger partial charge in [-0.25, -0.2) is 4.98 Å². The summed E-state index contributed by atoms with van der Waals surface area (Å²) in [7, 11) is 0. The molecule has 3 nitrogen and oxygen atoms in total. The molecule has 15 heavy (non-hydrogen) atoms. The number of fused-ring (bicyclic) bond motifs is 1. The van der Waals surface area contributed by atoms with Crippen LogP contribution in [0.2, 0.25) is 10.2 Å². The van der Waals surface area contributed by atoms with Gasteiger partial charge in [0.05, 0.1) is 5.52 Å². The highest BCUT2D eigenvalue weighted by molar-refractivity contribution is 6.34. The Bertz CT molecular complexity index is 491. The molecule has 2 rings (SSSR count). The quantitative estimate of drug-likeness (QED) is 0.882. The minimum Gasteiger partial charge on any atom is -0.328 e. The van der Waals surface area contributed by atoms with Gasteiger partial charge in [0.15, 0.2) is 5.15 Å². The first-order valence-corrected chi connectivity index (χ1v) is 5.41. The summed E-state index contributed by atoms with van der Waals surface area (Å²) in [5.74, 6) is 0.863.